The first kappa shape index (κ1) is 13.6. The van der Waals surface area contributed by atoms with Crippen molar-refractivity contribution in [3.63, 3.8) is 0 Å². The fourth-order valence-corrected chi connectivity index (χ4v) is 3.19. The largest absolute Gasteiger partial charge is 0.335 e. The molecule has 1 heterocycles. The molecule has 1 aromatic heterocycles. The molecule has 0 aliphatic heterocycles. The van der Waals surface area contributed by atoms with E-state index in [1.165, 1.54) is 37.9 Å². The highest BCUT2D eigenvalue weighted by molar-refractivity contribution is 4.97. The number of nitrogens with one attached hydrogen (secondary N) is 1. The first-order chi connectivity index (χ1) is 8.85. The van der Waals surface area contributed by atoms with Gasteiger partial charge in [-0.2, -0.15) is 0 Å². The van der Waals surface area contributed by atoms with Crippen LogP contribution in [0.3, 0.4) is 0 Å². The van der Waals surface area contributed by atoms with Crippen LogP contribution in [0, 0.1) is 5.92 Å². The van der Waals surface area contributed by atoms with Gasteiger partial charge in [0.25, 0.3) is 0 Å². The molecule has 1 aliphatic rings. The van der Waals surface area contributed by atoms with Crippen molar-refractivity contribution in [2.75, 3.05) is 6.54 Å². The Labute approximate surface area is 111 Å². The standard InChI is InChI=1S/C15H27N3/c1-3-10-18-11-9-17-15(18)12-13-7-5-6-8-14(13)16-4-2/h9,11,13-14,16H,3-8,10,12H2,1-2H3. The second-order valence-electron chi connectivity index (χ2n) is 5.45. The summed E-state index contributed by atoms with van der Waals surface area (Å²) in [5.74, 6) is 2.06. The quantitative estimate of drug-likeness (QED) is 0.840. The number of aryl methyl sites for hydroxylation is 1. The van der Waals surface area contributed by atoms with Gasteiger partial charge in [-0.15, -0.1) is 0 Å². The predicted octanol–water partition coefficient (Wildman–Crippen LogP) is 3.00. The first-order valence-corrected chi connectivity index (χ1v) is 7.58. The molecular weight excluding hydrogens is 222 g/mol. The van der Waals surface area contributed by atoms with Crippen LogP contribution in [0.2, 0.25) is 0 Å². The van der Waals surface area contributed by atoms with Crippen molar-refractivity contribution in [3.05, 3.63) is 18.2 Å². The number of rotatable bonds is 6. The van der Waals surface area contributed by atoms with E-state index in [2.05, 4.69) is 34.9 Å². The van der Waals surface area contributed by atoms with E-state index < -0.39 is 0 Å². The minimum Gasteiger partial charge on any atom is -0.335 e. The summed E-state index contributed by atoms with van der Waals surface area (Å²) >= 11 is 0. The topological polar surface area (TPSA) is 29.9 Å². The van der Waals surface area contributed by atoms with Gasteiger partial charge in [0.05, 0.1) is 0 Å². The maximum absolute atomic E-state index is 4.56. The summed E-state index contributed by atoms with van der Waals surface area (Å²) in [5.41, 5.74) is 0. The fraction of sp³-hybridized carbons (Fsp3) is 0.800. The van der Waals surface area contributed by atoms with Gasteiger partial charge in [-0.1, -0.05) is 26.7 Å². The smallest absolute Gasteiger partial charge is 0.108 e. The molecule has 1 aromatic rings. The van der Waals surface area contributed by atoms with E-state index in [0.717, 1.165) is 25.4 Å². The molecule has 0 spiro atoms. The van der Waals surface area contributed by atoms with Gasteiger partial charge in [-0.3, -0.25) is 0 Å². The zero-order valence-electron chi connectivity index (χ0n) is 11.9. The molecule has 2 rings (SSSR count). The van der Waals surface area contributed by atoms with E-state index in [9.17, 15) is 0 Å². The van der Waals surface area contributed by atoms with Crippen molar-refractivity contribution >= 4 is 0 Å². The summed E-state index contributed by atoms with van der Waals surface area (Å²) < 4.78 is 2.33. The number of hydrogen-bond donors (Lipinski definition) is 1. The average Bonchev–Trinajstić information content (AvgIpc) is 2.80. The number of imidazole rings is 1. The summed E-state index contributed by atoms with van der Waals surface area (Å²) in [6, 6.07) is 0.704. The van der Waals surface area contributed by atoms with Crippen LogP contribution in [0.15, 0.2) is 12.4 Å². The van der Waals surface area contributed by atoms with E-state index >= 15 is 0 Å². The van der Waals surface area contributed by atoms with Crippen molar-refractivity contribution in [1.29, 1.82) is 0 Å². The molecule has 2 unspecified atom stereocenters. The van der Waals surface area contributed by atoms with Gasteiger partial charge in [0, 0.05) is 31.4 Å². The van der Waals surface area contributed by atoms with Crippen molar-refractivity contribution < 1.29 is 0 Å². The lowest BCUT2D eigenvalue weighted by Crippen LogP contribution is -2.39. The molecule has 3 heteroatoms. The van der Waals surface area contributed by atoms with Gasteiger partial charge in [-0.05, 0) is 31.7 Å². The third-order valence-electron chi connectivity index (χ3n) is 4.09. The van der Waals surface area contributed by atoms with Crippen LogP contribution in [-0.4, -0.2) is 22.1 Å². The van der Waals surface area contributed by atoms with Crippen molar-refractivity contribution in [1.82, 2.24) is 14.9 Å². The molecular formula is C15H27N3. The summed E-state index contributed by atoms with van der Waals surface area (Å²) in [6.45, 7) is 6.63. The molecule has 2 atom stereocenters. The molecule has 0 radical (unpaired) electrons. The summed E-state index contributed by atoms with van der Waals surface area (Å²) in [4.78, 5) is 4.56. The molecule has 1 N–H and O–H groups in total. The van der Waals surface area contributed by atoms with Gasteiger partial charge in [0.2, 0.25) is 0 Å². The van der Waals surface area contributed by atoms with Crippen LogP contribution in [-0.2, 0) is 13.0 Å². The second-order valence-corrected chi connectivity index (χ2v) is 5.45. The Morgan fingerprint density at radius 1 is 1.33 bits per heavy atom. The third kappa shape index (κ3) is 3.35. The van der Waals surface area contributed by atoms with Crippen LogP contribution in [0.4, 0.5) is 0 Å². The molecule has 1 saturated carbocycles. The molecule has 0 aromatic carbocycles. The molecule has 1 aliphatic carbocycles. The average molecular weight is 249 g/mol. The van der Waals surface area contributed by atoms with Crippen LogP contribution in [0.25, 0.3) is 0 Å². The normalized spacial score (nSPS) is 24.3. The molecule has 3 nitrogen and oxygen atoms in total. The van der Waals surface area contributed by atoms with Gasteiger partial charge in [0.15, 0.2) is 0 Å². The summed E-state index contributed by atoms with van der Waals surface area (Å²) in [6.07, 6.45) is 11.9. The highest BCUT2D eigenvalue weighted by Crippen LogP contribution is 2.27. The Morgan fingerprint density at radius 2 is 2.17 bits per heavy atom. The number of hydrogen-bond acceptors (Lipinski definition) is 2. The zero-order valence-corrected chi connectivity index (χ0v) is 11.9. The maximum Gasteiger partial charge on any atom is 0.108 e. The highest BCUT2D eigenvalue weighted by Gasteiger charge is 2.25. The first-order valence-electron chi connectivity index (χ1n) is 7.58. The Balaban J connectivity index is 1.99. The minimum absolute atomic E-state index is 0.704. The zero-order chi connectivity index (χ0) is 12.8. The summed E-state index contributed by atoms with van der Waals surface area (Å²) in [7, 11) is 0. The minimum atomic E-state index is 0.704. The molecule has 102 valence electrons. The Hall–Kier alpha value is -0.830. The summed E-state index contributed by atoms with van der Waals surface area (Å²) in [5, 5.41) is 3.66. The Bertz CT molecular complexity index is 343. The van der Waals surface area contributed by atoms with Crippen molar-refractivity contribution in [2.45, 2.75) is 65.0 Å². The number of nitrogens with zero attached hydrogens (tertiary/aromatic N) is 2. The van der Waals surface area contributed by atoms with Crippen molar-refractivity contribution in [2.24, 2.45) is 5.92 Å². The molecule has 0 amide bonds. The number of aromatic nitrogens is 2. The Kier molecular flexibility index (Phi) is 5.24. The second kappa shape index (κ2) is 6.93. The van der Waals surface area contributed by atoms with E-state index in [1.807, 2.05) is 6.20 Å². The molecule has 0 bridgehead atoms. The Morgan fingerprint density at radius 3 is 2.94 bits per heavy atom. The fourth-order valence-electron chi connectivity index (χ4n) is 3.19. The highest BCUT2D eigenvalue weighted by atomic mass is 15.1. The van der Waals surface area contributed by atoms with E-state index in [0.29, 0.717) is 6.04 Å². The SMILES string of the molecule is CCCn1ccnc1CC1CCCCC1NCC. The van der Waals surface area contributed by atoms with Crippen LogP contribution >= 0.6 is 0 Å². The van der Waals surface area contributed by atoms with E-state index in [-0.39, 0.29) is 0 Å². The van der Waals surface area contributed by atoms with Crippen LogP contribution in [0.1, 0.15) is 51.8 Å². The molecule has 0 saturated heterocycles. The lowest BCUT2D eigenvalue weighted by molar-refractivity contribution is 0.259. The van der Waals surface area contributed by atoms with Gasteiger partial charge in [0.1, 0.15) is 5.82 Å². The lowest BCUT2D eigenvalue weighted by Gasteiger charge is -2.32. The van der Waals surface area contributed by atoms with Crippen LogP contribution in [0.5, 0.6) is 0 Å². The van der Waals surface area contributed by atoms with Crippen LogP contribution < -0.4 is 5.32 Å². The van der Waals surface area contributed by atoms with Gasteiger partial charge in [-0.25, -0.2) is 4.98 Å². The molecule has 18 heavy (non-hydrogen) atoms. The lowest BCUT2D eigenvalue weighted by atomic mass is 9.82. The van der Waals surface area contributed by atoms with E-state index in [4.69, 9.17) is 0 Å². The predicted molar refractivity (Wildman–Crippen MR) is 75.6 cm³/mol. The maximum atomic E-state index is 4.56. The van der Waals surface area contributed by atoms with E-state index in [1.54, 1.807) is 0 Å². The third-order valence-corrected chi connectivity index (χ3v) is 4.09. The monoisotopic (exact) mass is 249 g/mol. The van der Waals surface area contributed by atoms with Gasteiger partial charge < -0.3 is 9.88 Å². The van der Waals surface area contributed by atoms with Gasteiger partial charge >= 0.3 is 0 Å². The van der Waals surface area contributed by atoms with Crippen molar-refractivity contribution in [3.8, 4) is 0 Å². The molecule has 1 fully saturated rings.